The third kappa shape index (κ3) is 3.34. The lowest BCUT2D eigenvalue weighted by Crippen LogP contribution is -2.13. The van der Waals surface area contributed by atoms with Crippen molar-refractivity contribution >= 4 is 0 Å². The van der Waals surface area contributed by atoms with Crippen molar-refractivity contribution in [3.63, 3.8) is 0 Å². The van der Waals surface area contributed by atoms with E-state index < -0.39 is 5.67 Å². The topological polar surface area (TPSA) is 53.7 Å². The summed E-state index contributed by atoms with van der Waals surface area (Å²) in [4.78, 5) is 4.55. The minimum absolute atomic E-state index is 0.359. The number of nitrogens with two attached hydrogens (primary N) is 1. The van der Waals surface area contributed by atoms with E-state index in [1.807, 2.05) is 0 Å². The average Bonchev–Trinajstić information content (AvgIpc) is 2.33. The Morgan fingerprint density at radius 3 is 2.22 bits per heavy atom. The normalized spacial score (nSPS) is 11.4. The van der Waals surface area contributed by atoms with E-state index in [2.05, 4.69) is 4.84 Å². The highest BCUT2D eigenvalue weighted by molar-refractivity contribution is 5.48. The summed E-state index contributed by atoms with van der Waals surface area (Å²) in [6.45, 7) is 3.32. The molecule has 1 aromatic carbocycles. The van der Waals surface area contributed by atoms with Gasteiger partial charge in [0.05, 0.1) is 20.8 Å². The molecule has 18 heavy (non-hydrogen) atoms. The minimum Gasteiger partial charge on any atom is -0.496 e. The second kappa shape index (κ2) is 6.02. The molecule has 0 radical (unpaired) electrons. The van der Waals surface area contributed by atoms with Gasteiger partial charge in [0.25, 0.3) is 0 Å². The Bertz CT molecular complexity index is 402. The molecule has 0 fully saturated rings. The summed E-state index contributed by atoms with van der Waals surface area (Å²) < 4.78 is 24.6. The molecule has 0 atom stereocenters. The minimum atomic E-state index is -1.50. The van der Waals surface area contributed by atoms with Crippen LogP contribution in [0.2, 0.25) is 0 Å². The maximum Gasteiger partial charge on any atom is 0.134 e. The molecule has 0 bridgehead atoms. The molecule has 5 heteroatoms. The van der Waals surface area contributed by atoms with Gasteiger partial charge in [-0.15, -0.1) is 0 Å². The summed E-state index contributed by atoms with van der Waals surface area (Å²) in [7, 11) is 3.06. The number of benzene rings is 1. The van der Waals surface area contributed by atoms with Gasteiger partial charge in [0.1, 0.15) is 17.2 Å². The van der Waals surface area contributed by atoms with Crippen LogP contribution < -0.4 is 15.4 Å². The molecule has 0 amide bonds. The maximum atomic E-state index is 14.1. The van der Waals surface area contributed by atoms with E-state index in [1.54, 1.807) is 19.2 Å². The van der Waals surface area contributed by atoms with Crippen LogP contribution in [0, 0.1) is 0 Å². The molecule has 0 spiro atoms. The zero-order valence-electron chi connectivity index (χ0n) is 11.2. The van der Waals surface area contributed by atoms with Gasteiger partial charge in [0.2, 0.25) is 0 Å². The van der Waals surface area contributed by atoms with Crippen LogP contribution in [-0.4, -0.2) is 20.8 Å². The van der Waals surface area contributed by atoms with Crippen LogP contribution in [-0.2, 0) is 16.9 Å². The molecule has 0 aromatic heterocycles. The predicted molar refractivity (Wildman–Crippen MR) is 67.5 cm³/mol. The third-order valence-electron chi connectivity index (χ3n) is 2.73. The molecule has 1 rings (SSSR count). The molecular formula is C13H20FNO3. The van der Waals surface area contributed by atoms with Gasteiger partial charge in [-0.3, -0.25) is 0 Å². The monoisotopic (exact) mass is 257 g/mol. The Hall–Kier alpha value is -1.33. The van der Waals surface area contributed by atoms with Crippen LogP contribution in [0.3, 0.4) is 0 Å². The molecular weight excluding hydrogens is 237 g/mol. The van der Waals surface area contributed by atoms with E-state index in [9.17, 15) is 4.39 Å². The first-order chi connectivity index (χ1) is 8.43. The molecule has 102 valence electrons. The standard InChI is InChI=1S/C13H20FNO3/c1-13(2,14)10-8-11(16-3)9(5-6-18-15)7-12(10)17-4/h7-8H,5-6,15H2,1-4H3. The van der Waals surface area contributed by atoms with Crippen molar-refractivity contribution in [2.75, 3.05) is 20.8 Å². The summed E-state index contributed by atoms with van der Waals surface area (Å²) in [5, 5.41) is 0. The fourth-order valence-corrected chi connectivity index (χ4v) is 1.79. The highest BCUT2D eigenvalue weighted by Crippen LogP contribution is 2.37. The number of alkyl halides is 1. The van der Waals surface area contributed by atoms with Crippen LogP contribution in [0.5, 0.6) is 11.5 Å². The Kier molecular flexibility index (Phi) is 4.93. The fraction of sp³-hybridized carbons (Fsp3) is 0.538. The van der Waals surface area contributed by atoms with Gasteiger partial charge >= 0.3 is 0 Å². The van der Waals surface area contributed by atoms with E-state index >= 15 is 0 Å². The molecule has 2 N–H and O–H groups in total. The van der Waals surface area contributed by atoms with Crippen molar-refractivity contribution in [2.45, 2.75) is 25.9 Å². The van der Waals surface area contributed by atoms with Gasteiger partial charge in [0.15, 0.2) is 0 Å². The zero-order valence-corrected chi connectivity index (χ0v) is 11.2. The number of hydrogen-bond acceptors (Lipinski definition) is 4. The zero-order chi connectivity index (χ0) is 13.8. The van der Waals surface area contributed by atoms with E-state index in [4.69, 9.17) is 15.4 Å². The number of ether oxygens (including phenoxy) is 2. The van der Waals surface area contributed by atoms with Gasteiger partial charge in [-0.05, 0) is 26.0 Å². The molecule has 0 aliphatic heterocycles. The third-order valence-corrected chi connectivity index (χ3v) is 2.73. The van der Waals surface area contributed by atoms with E-state index in [0.29, 0.717) is 30.1 Å². The number of methoxy groups -OCH3 is 2. The van der Waals surface area contributed by atoms with Crippen molar-refractivity contribution < 1.29 is 18.7 Å². The number of rotatable bonds is 6. The second-order valence-electron chi connectivity index (χ2n) is 4.46. The predicted octanol–water partition coefficient (Wildman–Crippen LogP) is 2.34. The van der Waals surface area contributed by atoms with Gasteiger partial charge < -0.3 is 14.3 Å². The highest BCUT2D eigenvalue weighted by Gasteiger charge is 2.25. The Labute approximate surface area is 107 Å². The lowest BCUT2D eigenvalue weighted by Gasteiger charge is -2.21. The largest absolute Gasteiger partial charge is 0.496 e. The van der Waals surface area contributed by atoms with Crippen LogP contribution in [0.25, 0.3) is 0 Å². The smallest absolute Gasteiger partial charge is 0.134 e. The Morgan fingerprint density at radius 1 is 1.17 bits per heavy atom. The Morgan fingerprint density at radius 2 is 1.78 bits per heavy atom. The quantitative estimate of drug-likeness (QED) is 0.795. The lowest BCUT2D eigenvalue weighted by molar-refractivity contribution is 0.140. The molecule has 4 nitrogen and oxygen atoms in total. The van der Waals surface area contributed by atoms with E-state index in [1.165, 1.54) is 21.0 Å². The van der Waals surface area contributed by atoms with Crippen LogP contribution in [0.1, 0.15) is 25.0 Å². The second-order valence-corrected chi connectivity index (χ2v) is 4.46. The number of hydrogen-bond donors (Lipinski definition) is 1. The molecule has 0 aliphatic rings. The van der Waals surface area contributed by atoms with Crippen molar-refractivity contribution in [1.29, 1.82) is 0 Å². The van der Waals surface area contributed by atoms with Crippen molar-refractivity contribution in [3.05, 3.63) is 23.3 Å². The first kappa shape index (κ1) is 14.7. The van der Waals surface area contributed by atoms with Crippen molar-refractivity contribution in [3.8, 4) is 11.5 Å². The summed E-state index contributed by atoms with van der Waals surface area (Å²) >= 11 is 0. The highest BCUT2D eigenvalue weighted by atomic mass is 19.1. The average molecular weight is 257 g/mol. The van der Waals surface area contributed by atoms with Gasteiger partial charge in [0, 0.05) is 17.5 Å². The van der Waals surface area contributed by atoms with E-state index in [-0.39, 0.29) is 0 Å². The van der Waals surface area contributed by atoms with Crippen LogP contribution in [0.4, 0.5) is 4.39 Å². The molecule has 0 saturated heterocycles. The molecule has 0 heterocycles. The molecule has 0 saturated carbocycles. The first-order valence-corrected chi connectivity index (χ1v) is 5.70. The van der Waals surface area contributed by atoms with Gasteiger partial charge in [-0.2, -0.15) is 0 Å². The SMILES string of the molecule is COc1cc(C(C)(C)F)c(OC)cc1CCON. The first-order valence-electron chi connectivity index (χ1n) is 5.70. The van der Waals surface area contributed by atoms with Crippen LogP contribution >= 0.6 is 0 Å². The summed E-state index contributed by atoms with van der Waals surface area (Å²) in [6, 6.07) is 3.42. The maximum absolute atomic E-state index is 14.1. The van der Waals surface area contributed by atoms with Crippen LogP contribution in [0.15, 0.2) is 12.1 Å². The number of halogens is 1. The molecule has 1 aromatic rings. The van der Waals surface area contributed by atoms with E-state index in [0.717, 1.165) is 5.56 Å². The molecule has 0 unspecified atom stereocenters. The summed E-state index contributed by atoms with van der Waals surface area (Å²) in [6.07, 6.45) is 0.572. The summed E-state index contributed by atoms with van der Waals surface area (Å²) in [5.41, 5.74) is -0.173. The van der Waals surface area contributed by atoms with Crippen molar-refractivity contribution in [2.24, 2.45) is 5.90 Å². The fourth-order valence-electron chi connectivity index (χ4n) is 1.79. The van der Waals surface area contributed by atoms with Gasteiger partial charge in [-0.25, -0.2) is 10.3 Å². The lowest BCUT2D eigenvalue weighted by atomic mass is 9.96. The molecule has 0 aliphatic carbocycles. The van der Waals surface area contributed by atoms with Crippen molar-refractivity contribution in [1.82, 2.24) is 0 Å². The summed E-state index contributed by atoms with van der Waals surface area (Å²) in [5.74, 6) is 6.11. The van der Waals surface area contributed by atoms with Gasteiger partial charge in [-0.1, -0.05) is 0 Å². The Balaban J connectivity index is 3.23.